The van der Waals surface area contributed by atoms with Crippen LogP contribution in [0.15, 0.2) is 42.5 Å². The van der Waals surface area contributed by atoms with Gasteiger partial charge < -0.3 is 15.0 Å². The van der Waals surface area contributed by atoms with Crippen LogP contribution in [0.5, 0.6) is 0 Å². The van der Waals surface area contributed by atoms with Crippen molar-refractivity contribution < 1.29 is 23.1 Å². The number of piperidine rings is 2. The maximum absolute atomic E-state index is 13.4. The summed E-state index contributed by atoms with van der Waals surface area (Å²) < 4.78 is 39.9. The molecule has 2 aromatic carbocycles. The number of benzene rings is 2. The number of aromatic amines is 1. The fourth-order valence-corrected chi connectivity index (χ4v) is 5.68. The second-order valence-corrected chi connectivity index (χ2v) is 9.99. The van der Waals surface area contributed by atoms with E-state index in [1.165, 1.54) is 12.2 Å². The Bertz CT molecular complexity index is 1220. The maximum atomic E-state index is 13.4. The van der Waals surface area contributed by atoms with Crippen LogP contribution in [-0.2, 0) is 4.79 Å². The highest BCUT2D eigenvalue weighted by atomic mass is 19.2. The van der Waals surface area contributed by atoms with Crippen molar-refractivity contribution in [1.29, 1.82) is 0 Å². The first kappa shape index (κ1) is 25.5. The van der Waals surface area contributed by atoms with E-state index in [2.05, 4.69) is 9.88 Å². The normalized spacial score (nSPS) is 19.2. The number of imidazole rings is 1. The maximum Gasteiger partial charge on any atom is 0.246 e. The van der Waals surface area contributed by atoms with Crippen molar-refractivity contribution in [3.63, 3.8) is 0 Å². The number of H-pyrrole nitrogens is 1. The van der Waals surface area contributed by atoms with E-state index in [1.807, 2.05) is 24.3 Å². The van der Waals surface area contributed by atoms with Gasteiger partial charge >= 0.3 is 0 Å². The average molecular weight is 513 g/mol. The van der Waals surface area contributed by atoms with Crippen LogP contribution in [-0.4, -0.2) is 69.6 Å². The molecule has 2 fully saturated rings. The molecule has 196 valence electrons. The molecule has 1 atom stereocenters. The Hall–Kier alpha value is -3.17. The van der Waals surface area contributed by atoms with Crippen molar-refractivity contribution in [2.75, 3.05) is 32.8 Å². The van der Waals surface area contributed by atoms with Crippen molar-refractivity contribution >= 4 is 23.0 Å². The van der Waals surface area contributed by atoms with E-state index < -0.39 is 17.5 Å². The molecule has 37 heavy (non-hydrogen) atoms. The number of aliphatic hydroxyl groups excluding tert-OH is 1. The number of aliphatic hydroxyl groups is 1. The van der Waals surface area contributed by atoms with Crippen LogP contribution in [0, 0.1) is 23.4 Å². The molecule has 0 spiro atoms. The zero-order valence-electron chi connectivity index (χ0n) is 20.5. The number of aromatic nitrogens is 2. The van der Waals surface area contributed by atoms with Gasteiger partial charge in [0.25, 0.3) is 0 Å². The third kappa shape index (κ3) is 5.57. The predicted octanol–water partition coefficient (Wildman–Crippen LogP) is 4.47. The second-order valence-electron chi connectivity index (χ2n) is 9.99. The minimum Gasteiger partial charge on any atom is -0.395 e. The molecule has 2 aliphatic heterocycles. The Balaban J connectivity index is 1.13. The van der Waals surface area contributed by atoms with Crippen LogP contribution >= 0.6 is 0 Å². The number of fused-ring (bicyclic) bond motifs is 1. The Kier molecular flexibility index (Phi) is 7.62. The van der Waals surface area contributed by atoms with Gasteiger partial charge in [-0.25, -0.2) is 18.2 Å². The molecule has 3 heterocycles. The summed E-state index contributed by atoms with van der Waals surface area (Å²) in [7, 11) is 0. The minimum absolute atomic E-state index is 0.0505. The van der Waals surface area contributed by atoms with Crippen molar-refractivity contribution in [3.8, 4) is 0 Å². The fourth-order valence-electron chi connectivity index (χ4n) is 5.68. The van der Waals surface area contributed by atoms with Crippen molar-refractivity contribution in [3.05, 3.63) is 71.3 Å². The molecule has 0 radical (unpaired) electrons. The van der Waals surface area contributed by atoms with Crippen LogP contribution < -0.4 is 0 Å². The highest BCUT2D eigenvalue weighted by Gasteiger charge is 2.34. The first-order valence-corrected chi connectivity index (χ1v) is 12.8. The third-order valence-electron chi connectivity index (χ3n) is 7.80. The van der Waals surface area contributed by atoms with Gasteiger partial charge in [0.1, 0.15) is 5.82 Å². The minimum atomic E-state index is -1.53. The third-order valence-corrected chi connectivity index (χ3v) is 7.80. The van der Waals surface area contributed by atoms with Crippen LogP contribution in [0.2, 0.25) is 0 Å². The molecule has 1 amide bonds. The first-order chi connectivity index (χ1) is 17.9. The monoisotopic (exact) mass is 512 g/mol. The number of carbonyl (C=O) groups excluding carboxylic acids is 1. The summed E-state index contributed by atoms with van der Waals surface area (Å²) in [4.78, 5) is 24.9. The highest BCUT2D eigenvalue weighted by Crippen LogP contribution is 2.32. The number of para-hydroxylation sites is 2. The van der Waals surface area contributed by atoms with Gasteiger partial charge in [0.15, 0.2) is 17.5 Å². The Morgan fingerprint density at radius 1 is 1.05 bits per heavy atom. The molecule has 6 nitrogen and oxygen atoms in total. The van der Waals surface area contributed by atoms with E-state index in [-0.39, 0.29) is 30.0 Å². The van der Waals surface area contributed by atoms with Crippen molar-refractivity contribution in [2.45, 2.75) is 37.6 Å². The summed E-state index contributed by atoms with van der Waals surface area (Å²) in [5.41, 5.74) is 2.13. The van der Waals surface area contributed by atoms with Crippen molar-refractivity contribution in [1.82, 2.24) is 19.8 Å². The number of likely N-dealkylation sites (tertiary alicyclic amines) is 2. The lowest BCUT2D eigenvalue weighted by molar-refractivity contribution is -0.127. The predicted molar refractivity (Wildman–Crippen MR) is 135 cm³/mol. The molecule has 9 heteroatoms. The average Bonchev–Trinajstić information content (AvgIpc) is 3.36. The van der Waals surface area contributed by atoms with Gasteiger partial charge in [0.2, 0.25) is 5.91 Å². The molecule has 5 rings (SSSR count). The molecule has 2 N–H and O–H groups in total. The van der Waals surface area contributed by atoms with Gasteiger partial charge in [-0.1, -0.05) is 12.1 Å². The molecule has 0 aliphatic carbocycles. The largest absolute Gasteiger partial charge is 0.395 e. The van der Waals surface area contributed by atoms with Gasteiger partial charge in [-0.3, -0.25) is 9.69 Å². The lowest BCUT2D eigenvalue weighted by Gasteiger charge is -2.43. The van der Waals surface area contributed by atoms with E-state index in [9.17, 15) is 23.1 Å². The summed E-state index contributed by atoms with van der Waals surface area (Å²) in [6, 6.07) is 9.82. The molecule has 1 unspecified atom stereocenters. The van der Waals surface area contributed by atoms with Crippen molar-refractivity contribution in [2.24, 2.45) is 5.92 Å². The van der Waals surface area contributed by atoms with Crippen LogP contribution in [0.1, 0.15) is 43.0 Å². The zero-order valence-corrected chi connectivity index (χ0v) is 20.5. The van der Waals surface area contributed by atoms with Gasteiger partial charge in [-0.15, -0.1) is 0 Å². The first-order valence-electron chi connectivity index (χ1n) is 12.8. The SMILES string of the molecule is O=C(C=Cc1cc(F)c(F)c(F)c1)N1CCC(C(CO)N2CCC(c3nc4ccccc4[nH]3)CC2)CC1. The second kappa shape index (κ2) is 11.1. The van der Waals surface area contributed by atoms with Gasteiger partial charge in [-0.05, 0) is 80.6 Å². The van der Waals surface area contributed by atoms with Crippen LogP contribution in [0.25, 0.3) is 17.1 Å². The molecule has 0 bridgehead atoms. The number of halogens is 3. The fraction of sp³-hybridized carbons (Fsp3) is 0.429. The smallest absolute Gasteiger partial charge is 0.246 e. The molecule has 2 saturated heterocycles. The molecule has 3 aromatic rings. The van der Waals surface area contributed by atoms with E-state index in [4.69, 9.17) is 4.98 Å². The van der Waals surface area contributed by atoms with Gasteiger partial charge in [0.05, 0.1) is 17.6 Å². The van der Waals surface area contributed by atoms with Crippen LogP contribution in [0.4, 0.5) is 13.2 Å². The summed E-state index contributed by atoms with van der Waals surface area (Å²) in [6.45, 7) is 2.95. The van der Waals surface area contributed by atoms with Crippen LogP contribution in [0.3, 0.4) is 0 Å². The number of hydrogen-bond acceptors (Lipinski definition) is 4. The van der Waals surface area contributed by atoms with E-state index >= 15 is 0 Å². The number of carbonyl (C=O) groups is 1. The summed E-state index contributed by atoms with van der Waals surface area (Å²) in [6.07, 6.45) is 6.05. The number of hydrogen-bond donors (Lipinski definition) is 2. The van der Waals surface area contributed by atoms with E-state index in [0.717, 1.165) is 67.8 Å². The summed E-state index contributed by atoms with van der Waals surface area (Å²) >= 11 is 0. The standard InChI is InChI=1S/C28H31F3N4O2/c29-21-15-18(16-22(30)27(21)31)5-6-26(37)35-13-7-19(8-14-35)25(17-36)34-11-9-20(10-12-34)28-32-23-3-1-2-4-24(23)33-28/h1-6,15-16,19-20,25,36H,7-14,17H2,(H,32,33). The quantitative estimate of drug-likeness (QED) is 0.378. The molecular formula is C28H31F3N4O2. The molecule has 1 aromatic heterocycles. The molecule has 0 saturated carbocycles. The Morgan fingerprint density at radius 2 is 1.73 bits per heavy atom. The lowest BCUT2D eigenvalue weighted by Crippen LogP contribution is -2.50. The van der Waals surface area contributed by atoms with Gasteiger partial charge in [0, 0.05) is 31.1 Å². The van der Waals surface area contributed by atoms with E-state index in [1.54, 1.807) is 4.90 Å². The number of nitrogens with zero attached hydrogens (tertiary/aromatic N) is 3. The number of nitrogens with one attached hydrogen (secondary N) is 1. The molecule has 2 aliphatic rings. The number of amides is 1. The molecular weight excluding hydrogens is 481 g/mol. The highest BCUT2D eigenvalue weighted by molar-refractivity contribution is 5.91. The lowest BCUT2D eigenvalue weighted by atomic mass is 9.86. The number of rotatable bonds is 6. The zero-order chi connectivity index (χ0) is 25.9. The topological polar surface area (TPSA) is 72.5 Å². The summed E-state index contributed by atoms with van der Waals surface area (Å²) in [5.74, 6) is -2.67. The Morgan fingerprint density at radius 3 is 2.38 bits per heavy atom. The van der Waals surface area contributed by atoms with E-state index in [0.29, 0.717) is 19.0 Å². The van der Waals surface area contributed by atoms with Gasteiger partial charge in [-0.2, -0.15) is 0 Å². The Labute approximate surface area is 213 Å². The summed E-state index contributed by atoms with van der Waals surface area (Å²) in [5, 5.41) is 10.2.